The molecule has 4 nitrogen and oxygen atoms in total. The van der Waals surface area contributed by atoms with Gasteiger partial charge in [-0.05, 0) is 38.6 Å². The van der Waals surface area contributed by atoms with Crippen molar-refractivity contribution in [1.29, 1.82) is 0 Å². The minimum absolute atomic E-state index is 0.0248. The van der Waals surface area contributed by atoms with E-state index in [1.165, 1.54) is 0 Å². The second-order valence-electron chi connectivity index (χ2n) is 3.67. The van der Waals surface area contributed by atoms with Crippen LogP contribution in [0.1, 0.15) is 13.3 Å². The highest BCUT2D eigenvalue weighted by Crippen LogP contribution is 2.05. The van der Waals surface area contributed by atoms with Crippen molar-refractivity contribution in [1.82, 2.24) is 5.32 Å². The third kappa shape index (κ3) is 4.42. The fourth-order valence-corrected chi connectivity index (χ4v) is 1.29. The molecule has 0 aliphatic rings. The van der Waals surface area contributed by atoms with Gasteiger partial charge in [-0.3, -0.25) is 4.79 Å². The van der Waals surface area contributed by atoms with Gasteiger partial charge in [0.25, 0.3) is 0 Å². The Morgan fingerprint density at radius 2 is 2.06 bits per heavy atom. The van der Waals surface area contributed by atoms with Crippen LogP contribution in [0.2, 0.25) is 0 Å². The van der Waals surface area contributed by atoms with Crippen molar-refractivity contribution in [3.8, 4) is 0 Å². The van der Waals surface area contributed by atoms with Gasteiger partial charge in [-0.25, -0.2) is 0 Å². The van der Waals surface area contributed by atoms with Gasteiger partial charge < -0.3 is 16.4 Å². The molecule has 1 atom stereocenters. The van der Waals surface area contributed by atoms with E-state index < -0.39 is 0 Å². The predicted octanol–water partition coefficient (Wildman–Crippen LogP) is 0.952. The van der Waals surface area contributed by atoms with E-state index in [0.717, 1.165) is 18.7 Å². The molecule has 4 N–H and O–H groups in total. The Hall–Kier alpha value is -1.39. The first-order chi connectivity index (χ1) is 7.74. The maximum Gasteiger partial charge on any atom is 0.241 e. The van der Waals surface area contributed by atoms with E-state index in [-0.39, 0.29) is 11.9 Å². The van der Waals surface area contributed by atoms with Crippen molar-refractivity contribution < 1.29 is 4.79 Å². The summed E-state index contributed by atoms with van der Waals surface area (Å²) in [5, 5.41) is 5.95. The number of carbonyl (C=O) groups excluding carboxylic acids is 1. The minimum atomic E-state index is -0.202. The number of hydrogen-bond acceptors (Lipinski definition) is 3. The fourth-order valence-electron chi connectivity index (χ4n) is 1.29. The molecule has 1 rings (SSSR count). The molecule has 0 saturated heterocycles. The molecule has 0 fully saturated rings. The van der Waals surface area contributed by atoms with Gasteiger partial charge in [0, 0.05) is 5.69 Å². The number of carbonyl (C=O) groups is 1. The number of benzene rings is 1. The molecule has 88 valence electrons. The van der Waals surface area contributed by atoms with Crippen molar-refractivity contribution in [2.24, 2.45) is 5.73 Å². The summed E-state index contributed by atoms with van der Waals surface area (Å²) in [5.41, 5.74) is 6.19. The number of nitrogens with one attached hydrogen (secondary N) is 2. The summed E-state index contributed by atoms with van der Waals surface area (Å²) in [7, 11) is 0. The highest BCUT2D eigenvalue weighted by molar-refractivity contribution is 5.94. The first kappa shape index (κ1) is 12.7. The van der Waals surface area contributed by atoms with Crippen LogP contribution in [0.25, 0.3) is 0 Å². The van der Waals surface area contributed by atoms with Gasteiger partial charge in [0.1, 0.15) is 0 Å². The molecule has 1 amide bonds. The van der Waals surface area contributed by atoms with E-state index >= 15 is 0 Å². The second kappa shape index (κ2) is 6.98. The summed E-state index contributed by atoms with van der Waals surface area (Å²) in [5.74, 6) is -0.0248. The molecular weight excluding hydrogens is 202 g/mol. The van der Waals surface area contributed by atoms with Crippen molar-refractivity contribution in [2.75, 3.05) is 18.4 Å². The molecule has 0 spiro atoms. The summed E-state index contributed by atoms with van der Waals surface area (Å²) in [6.45, 7) is 3.24. The topological polar surface area (TPSA) is 67.1 Å². The number of amides is 1. The smallest absolute Gasteiger partial charge is 0.241 e. The lowest BCUT2D eigenvalue weighted by atomic mass is 10.2. The molecule has 0 aliphatic heterocycles. The zero-order chi connectivity index (χ0) is 11.8. The Balaban J connectivity index is 2.34. The van der Waals surface area contributed by atoms with E-state index in [4.69, 9.17) is 5.73 Å². The Bertz CT molecular complexity index is 313. The minimum Gasteiger partial charge on any atom is -0.330 e. The number of nitrogens with two attached hydrogens (primary N) is 1. The molecule has 1 unspecified atom stereocenters. The first-order valence-electron chi connectivity index (χ1n) is 5.53. The molecule has 4 heteroatoms. The van der Waals surface area contributed by atoms with Gasteiger partial charge in [-0.2, -0.15) is 0 Å². The van der Waals surface area contributed by atoms with E-state index in [0.29, 0.717) is 6.54 Å². The summed E-state index contributed by atoms with van der Waals surface area (Å²) in [4.78, 5) is 11.7. The molecule has 0 aliphatic carbocycles. The van der Waals surface area contributed by atoms with Gasteiger partial charge in [0.15, 0.2) is 0 Å². The third-order valence-electron chi connectivity index (χ3n) is 2.27. The third-order valence-corrected chi connectivity index (χ3v) is 2.27. The maximum atomic E-state index is 11.7. The largest absolute Gasteiger partial charge is 0.330 e. The van der Waals surface area contributed by atoms with Crippen LogP contribution < -0.4 is 16.4 Å². The molecule has 1 aromatic rings. The highest BCUT2D eigenvalue weighted by atomic mass is 16.2. The van der Waals surface area contributed by atoms with Crippen LogP contribution in [-0.2, 0) is 4.79 Å². The summed E-state index contributed by atoms with van der Waals surface area (Å²) in [6.07, 6.45) is 0.878. The first-order valence-corrected chi connectivity index (χ1v) is 5.53. The maximum absolute atomic E-state index is 11.7. The lowest BCUT2D eigenvalue weighted by Crippen LogP contribution is -2.38. The average Bonchev–Trinajstić information content (AvgIpc) is 2.30. The van der Waals surface area contributed by atoms with Crippen LogP contribution in [0, 0.1) is 0 Å². The van der Waals surface area contributed by atoms with Gasteiger partial charge >= 0.3 is 0 Å². The summed E-state index contributed by atoms with van der Waals surface area (Å²) >= 11 is 0. The number of anilines is 1. The van der Waals surface area contributed by atoms with Gasteiger partial charge in [0.2, 0.25) is 5.91 Å². The quantitative estimate of drug-likeness (QED) is 0.627. The molecule has 0 radical (unpaired) electrons. The second-order valence-corrected chi connectivity index (χ2v) is 3.67. The van der Waals surface area contributed by atoms with Crippen LogP contribution >= 0.6 is 0 Å². The normalized spacial score (nSPS) is 12.1. The monoisotopic (exact) mass is 221 g/mol. The summed E-state index contributed by atoms with van der Waals surface area (Å²) < 4.78 is 0. The number of hydrogen-bond donors (Lipinski definition) is 3. The van der Waals surface area contributed by atoms with Crippen LogP contribution in [0.4, 0.5) is 5.69 Å². The Labute approximate surface area is 96.2 Å². The van der Waals surface area contributed by atoms with Crippen molar-refractivity contribution in [2.45, 2.75) is 19.4 Å². The molecule has 16 heavy (non-hydrogen) atoms. The average molecular weight is 221 g/mol. The molecular formula is C12H19N3O. The van der Waals surface area contributed by atoms with Crippen molar-refractivity contribution in [3.63, 3.8) is 0 Å². The molecule has 0 aromatic heterocycles. The molecule has 1 aromatic carbocycles. The zero-order valence-corrected chi connectivity index (χ0v) is 9.57. The Morgan fingerprint density at radius 3 is 2.69 bits per heavy atom. The van der Waals surface area contributed by atoms with E-state index in [2.05, 4.69) is 10.6 Å². The molecule has 0 bridgehead atoms. The Morgan fingerprint density at radius 1 is 1.38 bits per heavy atom. The van der Waals surface area contributed by atoms with Crippen molar-refractivity contribution >= 4 is 11.6 Å². The van der Waals surface area contributed by atoms with Gasteiger partial charge in [-0.15, -0.1) is 0 Å². The van der Waals surface area contributed by atoms with Crippen LogP contribution in [0.3, 0.4) is 0 Å². The van der Waals surface area contributed by atoms with Gasteiger partial charge in [0.05, 0.1) is 6.04 Å². The van der Waals surface area contributed by atoms with E-state index in [9.17, 15) is 4.79 Å². The van der Waals surface area contributed by atoms with Crippen LogP contribution in [0.5, 0.6) is 0 Å². The van der Waals surface area contributed by atoms with Crippen LogP contribution in [0.15, 0.2) is 30.3 Å². The Kier molecular flexibility index (Phi) is 5.53. The number of para-hydroxylation sites is 1. The molecule has 0 heterocycles. The standard InChI is InChI=1S/C12H19N3O/c1-10(14-9-5-8-13)12(16)15-11-6-3-2-4-7-11/h2-4,6-7,10,14H,5,8-9,13H2,1H3,(H,15,16). The fraction of sp³-hybridized carbons (Fsp3) is 0.417. The number of rotatable bonds is 6. The highest BCUT2D eigenvalue weighted by Gasteiger charge is 2.11. The molecule has 0 saturated carbocycles. The predicted molar refractivity (Wildman–Crippen MR) is 66.2 cm³/mol. The van der Waals surface area contributed by atoms with E-state index in [1.807, 2.05) is 37.3 Å². The summed E-state index contributed by atoms with van der Waals surface area (Å²) in [6, 6.07) is 9.23. The van der Waals surface area contributed by atoms with Gasteiger partial charge in [-0.1, -0.05) is 18.2 Å². The lowest BCUT2D eigenvalue weighted by Gasteiger charge is -2.13. The lowest BCUT2D eigenvalue weighted by molar-refractivity contribution is -0.117. The van der Waals surface area contributed by atoms with Crippen LogP contribution in [-0.4, -0.2) is 25.0 Å². The zero-order valence-electron chi connectivity index (χ0n) is 9.57. The van der Waals surface area contributed by atoms with Crippen molar-refractivity contribution in [3.05, 3.63) is 30.3 Å². The van der Waals surface area contributed by atoms with E-state index in [1.54, 1.807) is 0 Å². The SMILES string of the molecule is CC(NCCCN)C(=O)Nc1ccccc1.